The van der Waals surface area contributed by atoms with Crippen LogP contribution in [0.3, 0.4) is 0 Å². The number of aromatic carboxylic acids is 1. The molecule has 0 atom stereocenters. The van der Waals surface area contributed by atoms with Crippen molar-refractivity contribution >= 4 is 17.0 Å². The third-order valence-corrected chi connectivity index (χ3v) is 5.54. The molecular weight excluding hydrogens is 366 g/mol. The van der Waals surface area contributed by atoms with Crippen LogP contribution in [0.2, 0.25) is 0 Å². The van der Waals surface area contributed by atoms with Crippen molar-refractivity contribution in [1.82, 2.24) is 24.2 Å². The van der Waals surface area contributed by atoms with Gasteiger partial charge in [-0.3, -0.25) is 0 Å². The summed E-state index contributed by atoms with van der Waals surface area (Å²) in [5, 5.41) is 14.5. The number of carbonyl (C=O) groups is 1. The number of hydrogen-bond acceptors (Lipinski definition) is 4. The second-order valence-corrected chi connectivity index (χ2v) is 7.46. The zero-order valence-electron chi connectivity index (χ0n) is 16.1. The summed E-state index contributed by atoms with van der Waals surface area (Å²) in [5.74, 6) is -0.945. The first kappa shape index (κ1) is 17.6. The molecular formula is C22H21N5O2. The second-order valence-electron chi connectivity index (χ2n) is 7.46. The Bertz CT molecular complexity index is 1220. The van der Waals surface area contributed by atoms with Gasteiger partial charge in [0.25, 0.3) is 0 Å². The fourth-order valence-corrected chi connectivity index (χ4v) is 4.08. The van der Waals surface area contributed by atoms with Gasteiger partial charge in [-0.25, -0.2) is 14.5 Å². The maximum absolute atomic E-state index is 11.8. The predicted octanol–water partition coefficient (Wildman–Crippen LogP) is 2.96. The normalized spacial score (nSPS) is 14.2. The highest BCUT2D eigenvalue weighted by atomic mass is 16.4. The first-order valence-corrected chi connectivity index (χ1v) is 9.62. The lowest BCUT2D eigenvalue weighted by molar-refractivity contribution is 0.0696. The van der Waals surface area contributed by atoms with Crippen molar-refractivity contribution in [2.45, 2.75) is 19.5 Å². The first-order valence-electron chi connectivity index (χ1n) is 9.62. The van der Waals surface area contributed by atoms with Crippen LogP contribution in [-0.4, -0.2) is 48.9 Å². The summed E-state index contributed by atoms with van der Waals surface area (Å²) >= 11 is 0. The van der Waals surface area contributed by atoms with Crippen molar-refractivity contribution in [3.05, 3.63) is 77.4 Å². The van der Waals surface area contributed by atoms with Gasteiger partial charge in [-0.1, -0.05) is 24.3 Å². The number of para-hydroxylation sites is 3. The van der Waals surface area contributed by atoms with Crippen LogP contribution in [0, 0.1) is 0 Å². The molecule has 0 aliphatic carbocycles. The van der Waals surface area contributed by atoms with Gasteiger partial charge < -0.3 is 14.6 Å². The largest absolute Gasteiger partial charge is 0.478 e. The Hall–Kier alpha value is -3.45. The van der Waals surface area contributed by atoms with Gasteiger partial charge in [0.05, 0.1) is 46.5 Å². The van der Waals surface area contributed by atoms with E-state index >= 15 is 0 Å². The van der Waals surface area contributed by atoms with Crippen LogP contribution in [0.15, 0.2) is 54.9 Å². The highest BCUT2D eigenvalue weighted by molar-refractivity contribution is 5.91. The monoisotopic (exact) mass is 387 g/mol. The van der Waals surface area contributed by atoms with E-state index in [4.69, 9.17) is 5.10 Å². The molecule has 0 saturated carbocycles. The molecule has 0 amide bonds. The molecule has 0 fully saturated rings. The van der Waals surface area contributed by atoms with Crippen molar-refractivity contribution < 1.29 is 9.90 Å². The van der Waals surface area contributed by atoms with E-state index in [-0.39, 0.29) is 5.56 Å². The van der Waals surface area contributed by atoms with Gasteiger partial charge in [-0.05, 0) is 31.3 Å². The quantitative estimate of drug-likeness (QED) is 0.583. The van der Waals surface area contributed by atoms with Crippen molar-refractivity contribution in [1.29, 1.82) is 0 Å². The summed E-state index contributed by atoms with van der Waals surface area (Å²) in [6, 6.07) is 15.1. The summed E-state index contributed by atoms with van der Waals surface area (Å²) in [6.45, 7) is 2.31. The van der Waals surface area contributed by atoms with E-state index in [1.54, 1.807) is 12.1 Å². The minimum atomic E-state index is -0.945. The molecule has 1 aliphatic heterocycles. The Morgan fingerprint density at radius 3 is 2.79 bits per heavy atom. The van der Waals surface area contributed by atoms with Crippen molar-refractivity contribution in [3.63, 3.8) is 0 Å². The Morgan fingerprint density at radius 1 is 1.14 bits per heavy atom. The highest BCUT2D eigenvalue weighted by Gasteiger charge is 2.26. The minimum absolute atomic E-state index is 0.261. The molecule has 0 saturated heterocycles. The molecule has 0 bridgehead atoms. The number of likely N-dealkylation sites (N-methyl/N-ethyl adjacent to an activating group) is 1. The average molecular weight is 387 g/mol. The Morgan fingerprint density at radius 2 is 1.93 bits per heavy atom. The molecule has 0 spiro atoms. The molecule has 3 heterocycles. The molecule has 1 aliphatic rings. The van der Waals surface area contributed by atoms with E-state index in [0.29, 0.717) is 12.2 Å². The van der Waals surface area contributed by atoms with Gasteiger partial charge in [0.2, 0.25) is 0 Å². The fraction of sp³-hybridized carbons (Fsp3) is 0.227. The topological polar surface area (TPSA) is 76.2 Å². The third-order valence-electron chi connectivity index (χ3n) is 5.54. The Labute approximate surface area is 167 Å². The summed E-state index contributed by atoms with van der Waals surface area (Å²) in [6.07, 6.45) is 2.67. The SMILES string of the molecule is CN1CCc2c(c(Cn3cnc4ccccc43)nn2-c2ccccc2C(=O)O)C1. The molecule has 0 unspecified atom stereocenters. The minimum Gasteiger partial charge on any atom is -0.478 e. The average Bonchev–Trinajstić information content (AvgIpc) is 3.30. The number of nitrogens with zero attached hydrogens (tertiary/aromatic N) is 5. The van der Waals surface area contributed by atoms with Crippen LogP contribution in [0.1, 0.15) is 27.3 Å². The number of benzene rings is 2. The summed E-state index contributed by atoms with van der Waals surface area (Å²) in [4.78, 5) is 18.5. The maximum Gasteiger partial charge on any atom is 0.337 e. The number of hydrogen-bond donors (Lipinski definition) is 1. The van der Waals surface area contributed by atoms with Crippen LogP contribution in [0.5, 0.6) is 0 Å². The van der Waals surface area contributed by atoms with Crippen LogP contribution in [-0.2, 0) is 19.5 Å². The van der Waals surface area contributed by atoms with E-state index in [0.717, 1.165) is 41.9 Å². The lowest BCUT2D eigenvalue weighted by atomic mass is 10.0. The molecule has 146 valence electrons. The van der Waals surface area contributed by atoms with Gasteiger partial charge in [0.15, 0.2) is 0 Å². The summed E-state index contributed by atoms with van der Waals surface area (Å²) in [7, 11) is 2.10. The smallest absolute Gasteiger partial charge is 0.337 e. The van der Waals surface area contributed by atoms with Crippen LogP contribution in [0.4, 0.5) is 0 Å². The third kappa shape index (κ3) is 3.00. The van der Waals surface area contributed by atoms with Crippen molar-refractivity contribution in [3.8, 4) is 5.69 Å². The fourth-order valence-electron chi connectivity index (χ4n) is 4.08. The number of rotatable bonds is 4. The van der Waals surface area contributed by atoms with Crippen LogP contribution >= 0.6 is 0 Å². The highest BCUT2D eigenvalue weighted by Crippen LogP contribution is 2.27. The van der Waals surface area contributed by atoms with Gasteiger partial charge in [-0.15, -0.1) is 0 Å². The molecule has 29 heavy (non-hydrogen) atoms. The lowest BCUT2D eigenvalue weighted by Gasteiger charge is -2.24. The number of carboxylic acids is 1. The standard InChI is InChI=1S/C22H21N5O2/c1-25-11-10-20-16(12-25)18(13-26-14-23-17-7-3-5-9-21(17)26)24-27(20)19-8-4-2-6-15(19)22(28)29/h2-9,14H,10-13H2,1H3,(H,28,29). The number of imidazole rings is 1. The summed E-state index contributed by atoms with van der Waals surface area (Å²) in [5.41, 5.74) is 6.11. The molecule has 4 aromatic rings. The van der Waals surface area contributed by atoms with Crippen LogP contribution < -0.4 is 0 Å². The molecule has 1 N–H and O–H groups in total. The Balaban J connectivity index is 1.65. The summed E-state index contributed by atoms with van der Waals surface area (Å²) < 4.78 is 3.93. The lowest BCUT2D eigenvalue weighted by Crippen LogP contribution is -2.28. The zero-order valence-corrected chi connectivity index (χ0v) is 16.1. The number of fused-ring (bicyclic) bond motifs is 2. The van der Waals surface area contributed by atoms with Gasteiger partial charge >= 0.3 is 5.97 Å². The van der Waals surface area contributed by atoms with E-state index < -0.39 is 5.97 Å². The predicted molar refractivity (Wildman–Crippen MR) is 109 cm³/mol. The van der Waals surface area contributed by atoms with E-state index in [1.807, 2.05) is 41.3 Å². The molecule has 2 aromatic carbocycles. The maximum atomic E-state index is 11.8. The molecule has 7 nitrogen and oxygen atoms in total. The molecule has 2 aromatic heterocycles. The molecule has 5 rings (SSSR count). The van der Waals surface area contributed by atoms with Gasteiger partial charge in [0.1, 0.15) is 0 Å². The molecule has 7 heteroatoms. The van der Waals surface area contributed by atoms with E-state index in [2.05, 4.69) is 27.6 Å². The van der Waals surface area contributed by atoms with Gasteiger partial charge in [-0.2, -0.15) is 5.10 Å². The van der Waals surface area contributed by atoms with E-state index in [9.17, 15) is 9.90 Å². The number of aromatic nitrogens is 4. The van der Waals surface area contributed by atoms with E-state index in [1.165, 1.54) is 5.56 Å². The van der Waals surface area contributed by atoms with Crippen molar-refractivity contribution in [2.24, 2.45) is 0 Å². The van der Waals surface area contributed by atoms with Crippen molar-refractivity contribution in [2.75, 3.05) is 13.6 Å². The second kappa shape index (κ2) is 6.86. The van der Waals surface area contributed by atoms with Gasteiger partial charge in [0, 0.05) is 25.1 Å². The first-order chi connectivity index (χ1) is 14.1. The number of carboxylic acid groups (broad SMARTS) is 1. The molecule has 0 radical (unpaired) electrons. The zero-order chi connectivity index (χ0) is 20.0. The van der Waals surface area contributed by atoms with Crippen LogP contribution in [0.25, 0.3) is 16.7 Å². The Kier molecular flexibility index (Phi) is 4.17.